The van der Waals surface area contributed by atoms with Crippen molar-refractivity contribution in [3.8, 4) is 0 Å². The van der Waals surface area contributed by atoms with Gasteiger partial charge in [0.05, 0.1) is 0 Å². The molecule has 3 N–H and O–H groups in total. The molecule has 1 fully saturated rings. The van der Waals surface area contributed by atoms with Crippen molar-refractivity contribution in [1.29, 1.82) is 0 Å². The maximum absolute atomic E-state index is 11.4. The second-order valence-electron chi connectivity index (χ2n) is 6.11. The van der Waals surface area contributed by atoms with E-state index in [9.17, 15) is 4.79 Å². The van der Waals surface area contributed by atoms with Crippen molar-refractivity contribution in [1.82, 2.24) is 10.2 Å². The van der Waals surface area contributed by atoms with Crippen LogP contribution < -0.4 is 11.1 Å². The molecule has 2 unspecified atom stereocenters. The van der Waals surface area contributed by atoms with Gasteiger partial charge in [-0.2, -0.15) is 0 Å². The molecule has 1 rings (SSSR count). The summed E-state index contributed by atoms with van der Waals surface area (Å²) in [4.78, 5) is 13.8. The minimum Gasteiger partial charge on any atom is -0.359 e. The Balaban J connectivity index is 2.53. The fraction of sp³-hybridized carbons (Fsp3) is 0.923. The van der Waals surface area contributed by atoms with Crippen molar-refractivity contribution in [2.24, 2.45) is 17.1 Å². The van der Waals surface area contributed by atoms with E-state index in [2.05, 4.69) is 31.0 Å². The highest BCUT2D eigenvalue weighted by molar-refractivity contribution is 5.76. The van der Waals surface area contributed by atoms with E-state index < -0.39 is 0 Å². The number of carbonyl (C=O) groups is 1. The van der Waals surface area contributed by atoms with Gasteiger partial charge in [-0.25, -0.2) is 0 Å². The molecule has 17 heavy (non-hydrogen) atoms. The highest BCUT2D eigenvalue weighted by Gasteiger charge is 2.34. The van der Waals surface area contributed by atoms with Gasteiger partial charge in [0, 0.05) is 32.6 Å². The number of nitrogens with two attached hydrogens (primary N) is 1. The molecule has 0 bridgehead atoms. The van der Waals surface area contributed by atoms with Crippen LogP contribution in [-0.4, -0.2) is 43.5 Å². The van der Waals surface area contributed by atoms with E-state index in [-0.39, 0.29) is 11.9 Å². The van der Waals surface area contributed by atoms with Crippen LogP contribution in [0.3, 0.4) is 0 Å². The SMILES string of the molecule is CNC(=O)CC(CN)N1CCC(C(C)(C)C)C1. The van der Waals surface area contributed by atoms with Crippen molar-refractivity contribution < 1.29 is 4.79 Å². The average molecular weight is 241 g/mol. The molecule has 0 saturated carbocycles. The van der Waals surface area contributed by atoms with E-state index in [1.165, 1.54) is 6.42 Å². The van der Waals surface area contributed by atoms with Gasteiger partial charge in [-0.1, -0.05) is 20.8 Å². The van der Waals surface area contributed by atoms with Gasteiger partial charge in [0.1, 0.15) is 0 Å². The summed E-state index contributed by atoms with van der Waals surface area (Å²) in [5, 5.41) is 2.67. The Morgan fingerprint density at radius 3 is 2.59 bits per heavy atom. The van der Waals surface area contributed by atoms with E-state index in [1.807, 2.05) is 0 Å². The van der Waals surface area contributed by atoms with Crippen LogP contribution in [0, 0.1) is 11.3 Å². The fourth-order valence-electron chi connectivity index (χ4n) is 2.50. The van der Waals surface area contributed by atoms with Gasteiger partial charge in [0.25, 0.3) is 0 Å². The van der Waals surface area contributed by atoms with Gasteiger partial charge in [0.15, 0.2) is 0 Å². The molecule has 100 valence electrons. The number of nitrogens with zero attached hydrogens (tertiary/aromatic N) is 1. The van der Waals surface area contributed by atoms with Crippen LogP contribution in [0.5, 0.6) is 0 Å². The lowest BCUT2D eigenvalue weighted by molar-refractivity contribution is -0.121. The summed E-state index contributed by atoms with van der Waals surface area (Å²) in [6, 6.07) is 0.197. The molecule has 1 heterocycles. The number of rotatable bonds is 4. The van der Waals surface area contributed by atoms with Gasteiger partial charge >= 0.3 is 0 Å². The Hall–Kier alpha value is -0.610. The maximum Gasteiger partial charge on any atom is 0.221 e. The molecule has 0 aromatic heterocycles. The summed E-state index contributed by atoms with van der Waals surface area (Å²) in [6.45, 7) is 9.57. The summed E-state index contributed by atoms with van der Waals surface area (Å²) in [6.07, 6.45) is 1.73. The molecule has 2 atom stereocenters. The second-order valence-corrected chi connectivity index (χ2v) is 6.11. The molecule has 0 radical (unpaired) electrons. The molecular weight excluding hydrogens is 214 g/mol. The van der Waals surface area contributed by atoms with Gasteiger partial charge in [0.2, 0.25) is 5.91 Å². The Morgan fingerprint density at radius 2 is 2.18 bits per heavy atom. The van der Waals surface area contributed by atoms with E-state index in [4.69, 9.17) is 5.73 Å². The molecule has 4 nitrogen and oxygen atoms in total. The molecule has 1 aliphatic heterocycles. The van der Waals surface area contributed by atoms with Crippen LogP contribution in [-0.2, 0) is 4.79 Å². The van der Waals surface area contributed by atoms with Crippen molar-refractivity contribution >= 4 is 5.91 Å². The van der Waals surface area contributed by atoms with Crippen LogP contribution in [0.4, 0.5) is 0 Å². The third-order valence-electron chi connectivity index (χ3n) is 3.93. The highest BCUT2D eigenvalue weighted by atomic mass is 16.1. The number of likely N-dealkylation sites (tertiary alicyclic amines) is 1. The summed E-state index contributed by atoms with van der Waals surface area (Å²) in [5.74, 6) is 0.792. The Bertz CT molecular complexity index is 260. The number of carbonyl (C=O) groups excluding carboxylic acids is 1. The predicted octanol–water partition coefficient (Wildman–Crippen LogP) is 0.818. The van der Waals surface area contributed by atoms with E-state index >= 15 is 0 Å². The lowest BCUT2D eigenvalue weighted by atomic mass is 9.80. The molecule has 0 spiro atoms. The molecular formula is C13H27N3O. The van der Waals surface area contributed by atoms with Crippen LogP contribution in [0.1, 0.15) is 33.6 Å². The Kier molecular flexibility index (Phi) is 4.95. The van der Waals surface area contributed by atoms with Crippen molar-refractivity contribution in [3.05, 3.63) is 0 Å². The first-order valence-electron chi connectivity index (χ1n) is 6.53. The van der Waals surface area contributed by atoms with Crippen molar-refractivity contribution in [2.75, 3.05) is 26.7 Å². The molecule has 1 aliphatic rings. The van der Waals surface area contributed by atoms with Crippen LogP contribution >= 0.6 is 0 Å². The molecule has 0 aliphatic carbocycles. The Labute approximate surface area is 105 Å². The van der Waals surface area contributed by atoms with E-state index in [0.29, 0.717) is 24.3 Å². The Morgan fingerprint density at radius 1 is 1.53 bits per heavy atom. The smallest absolute Gasteiger partial charge is 0.221 e. The fourth-order valence-corrected chi connectivity index (χ4v) is 2.50. The zero-order chi connectivity index (χ0) is 13.1. The van der Waals surface area contributed by atoms with Gasteiger partial charge in [-0.05, 0) is 24.3 Å². The summed E-state index contributed by atoms with van der Waals surface area (Å²) >= 11 is 0. The molecule has 1 saturated heterocycles. The molecule has 1 amide bonds. The van der Waals surface area contributed by atoms with Crippen LogP contribution in [0.2, 0.25) is 0 Å². The zero-order valence-electron chi connectivity index (χ0n) is 11.6. The first kappa shape index (κ1) is 14.5. The molecule has 4 heteroatoms. The normalized spacial score (nSPS) is 23.7. The number of nitrogens with one attached hydrogen (secondary N) is 1. The topological polar surface area (TPSA) is 58.4 Å². The maximum atomic E-state index is 11.4. The van der Waals surface area contributed by atoms with Crippen LogP contribution in [0.25, 0.3) is 0 Å². The minimum absolute atomic E-state index is 0.0830. The minimum atomic E-state index is 0.0830. The van der Waals surface area contributed by atoms with Crippen molar-refractivity contribution in [3.63, 3.8) is 0 Å². The molecule has 0 aromatic rings. The lowest BCUT2D eigenvalue weighted by Crippen LogP contribution is -2.42. The first-order chi connectivity index (χ1) is 7.88. The van der Waals surface area contributed by atoms with Gasteiger partial charge < -0.3 is 11.1 Å². The number of hydrogen-bond donors (Lipinski definition) is 2. The van der Waals surface area contributed by atoms with Crippen molar-refractivity contribution in [2.45, 2.75) is 39.7 Å². The number of hydrogen-bond acceptors (Lipinski definition) is 3. The average Bonchev–Trinajstić information content (AvgIpc) is 2.74. The standard InChI is InChI=1S/C13H27N3O/c1-13(2,3)10-5-6-16(9-10)11(8-14)7-12(17)15-4/h10-11H,5-9,14H2,1-4H3,(H,15,17). The number of amides is 1. The van der Waals surface area contributed by atoms with E-state index in [1.54, 1.807) is 7.05 Å². The van der Waals surface area contributed by atoms with Crippen LogP contribution in [0.15, 0.2) is 0 Å². The second kappa shape index (κ2) is 5.83. The van der Waals surface area contributed by atoms with Gasteiger partial charge in [-0.15, -0.1) is 0 Å². The zero-order valence-corrected chi connectivity index (χ0v) is 11.6. The lowest BCUT2D eigenvalue weighted by Gasteiger charge is -2.30. The summed E-state index contributed by atoms with van der Waals surface area (Å²) in [5.41, 5.74) is 6.14. The largest absolute Gasteiger partial charge is 0.359 e. The first-order valence-corrected chi connectivity index (χ1v) is 6.53. The van der Waals surface area contributed by atoms with E-state index in [0.717, 1.165) is 13.1 Å². The molecule has 0 aromatic carbocycles. The van der Waals surface area contributed by atoms with Gasteiger partial charge in [-0.3, -0.25) is 9.69 Å². The quantitative estimate of drug-likeness (QED) is 0.766. The third-order valence-corrected chi connectivity index (χ3v) is 3.93. The third kappa shape index (κ3) is 3.96. The summed E-state index contributed by atoms with van der Waals surface area (Å²) < 4.78 is 0. The predicted molar refractivity (Wildman–Crippen MR) is 70.7 cm³/mol. The monoisotopic (exact) mass is 241 g/mol. The summed E-state index contributed by atoms with van der Waals surface area (Å²) in [7, 11) is 1.68. The highest BCUT2D eigenvalue weighted by Crippen LogP contribution is 2.34.